The van der Waals surface area contributed by atoms with Crippen molar-refractivity contribution in [3.8, 4) is 0 Å². The number of rotatable bonds is 11. The van der Waals surface area contributed by atoms with Gasteiger partial charge in [0.1, 0.15) is 0 Å². The Balaban J connectivity index is 1.44. The average molecular weight is 541 g/mol. The summed E-state index contributed by atoms with van der Waals surface area (Å²) in [4.78, 5) is 25.7. The van der Waals surface area contributed by atoms with Crippen LogP contribution in [0.1, 0.15) is 67.8 Å². The van der Waals surface area contributed by atoms with Crippen molar-refractivity contribution in [2.45, 2.75) is 76.9 Å². The molecule has 2 aromatic rings. The molecule has 0 radical (unpaired) electrons. The number of amides is 1. The number of nitrogens with zero attached hydrogens (tertiary/aromatic N) is 1. The van der Waals surface area contributed by atoms with Crippen molar-refractivity contribution in [3.05, 3.63) is 70.8 Å². The van der Waals surface area contributed by atoms with Gasteiger partial charge >= 0.3 is 5.97 Å². The van der Waals surface area contributed by atoms with Gasteiger partial charge in [-0.25, -0.2) is 0 Å². The smallest absolute Gasteiger partial charge is 0.303 e. The summed E-state index contributed by atoms with van der Waals surface area (Å²) >= 11 is 0. The molecule has 1 amide bonds. The van der Waals surface area contributed by atoms with Crippen LogP contribution in [0.25, 0.3) is 0 Å². The van der Waals surface area contributed by atoms with Crippen LogP contribution in [0.4, 0.5) is 0 Å². The maximum absolute atomic E-state index is 12.2. The molecule has 2 N–H and O–H groups in total. The zero-order valence-electron chi connectivity index (χ0n) is 23.0. The molecule has 2 heterocycles. The van der Waals surface area contributed by atoms with E-state index in [0.29, 0.717) is 12.6 Å². The van der Waals surface area contributed by atoms with Gasteiger partial charge in [-0.05, 0) is 43.0 Å². The van der Waals surface area contributed by atoms with Gasteiger partial charge in [0.05, 0.1) is 25.4 Å². The molecule has 0 bridgehead atoms. The lowest BCUT2D eigenvalue weighted by Gasteiger charge is -2.38. The van der Waals surface area contributed by atoms with Crippen LogP contribution in [0.5, 0.6) is 0 Å². The Morgan fingerprint density at radius 2 is 1.77 bits per heavy atom. The summed E-state index contributed by atoms with van der Waals surface area (Å²) in [7, 11) is 1.75. The van der Waals surface area contributed by atoms with E-state index >= 15 is 0 Å². The first-order valence-electron chi connectivity index (χ1n) is 13.6. The molecule has 5 atom stereocenters. The fourth-order valence-electron chi connectivity index (χ4n) is 5.24. The van der Waals surface area contributed by atoms with Gasteiger partial charge in [0.25, 0.3) is 5.91 Å². The normalized spacial score (nSPS) is 24.3. The Hall–Kier alpha value is -2.82. The molecule has 0 aliphatic carbocycles. The first kappa shape index (κ1) is 29.2. The zero-order valence-corrected chi connectivity index (χ0v) is 23.0. The second-order valence-corrected chi connectivity index (χ2v) is 10.3. The SMILES string of the molecule is COC[C@@H]1CCCN1C[C@@H]1C[C@H](c2ccc(CO)cc2)O[C@H](c2ccc(CNC(=O)[C@H](C)OC(C)=O)cc2)O1. The molecule has 2 fully saturated rings. The molecule has 2 aliphatic rings. The standard InChI is InChI=1S/C30H40N2O7/c1-20(37-21(2)34)29(35)31-16-22-6-12-25(13-7-22)30-38-27(17-32-14-4-5-26(32)19-36-3)15-28(39-30)24-10-8-23(18-33)9-11-24/h6-13,20,26-28,30,33H,4-5,14-19H2,1-3H3,(H,31,35)/t20-,26-,27-,28+,30+/m0/s1. The van der Waals surface area contributed by atoms with Crippen LogP contribution < -0.4 is 5.32 Å². The lowest BCUT2D eigenvalue weighted by atomic mass is 9.99. The minimum atomic E-state index is -0.842. The number of ether oxygens (including phenoxy) is 4. The third-order valence-corrected chi connectivity index (χ3v) is 7.34. The van der Waals surface area contributed by atoms with Crippen molar-refractivity contribution in [2.24, 2.45) is 0 Å². The predicted molar refractivity (Wildman–Crippen MR) is 144 cm³/mol. The van der Waals surface area contributed by atoms with E-state index in [-0.39, 0.29) is 24.7 Å². The first-order valence-corrected chi connectivity index (χ1v) is 13.6. The molecule has 9 heteroatoms. The second-order valence-electron chi connectivity index (χ2n) is 10.3. The largest absolute Gasteiger partial charge is 0.453 e. The molecule has 2 aliphatic heterocycles. The number of benzene rings is 2. The highest BCUT2D eigenvalue weighted by Gasteiger charge is 2.35. The number of hydrogen-bond acceptors (Lipinski definition) is 8. The second kappa shape index (κ2) is 14.0. The number of esters is 1. The van der Waals surface area contributed by atoms with Crippen LogP contribution in [-0.4, -0.2) is 66.9 Å². The summed E-state index contributed by atoms with van der Waals surface area (Å²) in [5.41, 5.74) is 3.73. The van der Waals surface area contributed by atoms with Gasteiger partial charge in [0, 0.05) is 45.1 Å². The van der Waals surface area contributed by atoms with Gasteiger partial charge in [-0.1, -0.05) is 48.5 Å². The summed E-state index contributed by atoms with van der Waals surface area (Å²) in [6, 6.07) is 16.1. The molecular formula is C30H40N2O7. The third kappa shape index (κ3) is 8.09. The first-order chi connectivity index (χ1) is 18.9. The van der Waals surface area contributed by atoms with E-state index in [1.54, 1.807) is 14.0 Å². The molecule has 0 spiro atoms. The maximum Gasteiger partial charge on any atom is 0.303 e. The van der Waals surface area contributed by atoms with E-state index in [9.17, 15) is 14.7 Å². The fraction of sp³-hybridized carbons (Fsp3) is 0.533. The van der Waals surface area contributed by atoms with E-state index < -0.39 is 18.4 Å². The molecule has 212 valence electrons. The molecule has 0 saturated carbocycles. The summed E-state index contributed by atoms with van der Waals surface area (Å²) in [5, 5.41) is 12.2. The Bertz CT molecular complexity index is 1080. The summed E-state index contributed by atoms with van der Waals surface area (Å²) in [5.74, 6) is -0.839. The zero-order chi connectivity index (χ0) is 27.8. The number of likely N-dealkylation sites (tertiary alicyclic amines) is 1. The Kier molecular flexibility index (Phi) is 10.5. The average Bonchev–Trinajstić information content (AvgIpc) is 3.38. The number of hydrogen-bond donors (Lipinski definition) is 2. The Labute approximate surface area is 230 Å². The molecule has 4 rings (SSSR count). The Morgan fingerprint density at radius 1 is 1.08 bits per heavy atom. The quantitative estimate of drug-likeness (QED) is 0.418. The molecule has 2 saturated heterocycles. The summed E-state index contributed by atoms with van der Waals surface area (Å²) in [6.07, 6.45) is 1.47. The number of aliphatic hydroxyl groups excluding tert-OH is 1. The molecule has 39 heavy (non-hydrogen) atoms. The van der Waals surface area contributed by atoms with Crippen LogP contribution in [0.15, 0.2) is 48.5 Å². The number of aliphatic hydroxyl groups is 1. The van der Waals surface area contributed by atoms with Crippen LogP contribution in [-0.2, 0) is 41.7 Å². The van der Waals surface area contributed by atoms with Gasteiger partial charge in [-0.2, -0.15) is 0 Å². The highest BCUT2D eigenvalue weighted by molar-refractivity contribution is 5.82. The van der Waals surface area contributed by atoms with Crippen molar-refractivity contribution in [2.75, 3.05) is 26.8 Å². The minimum Gasteiger partial charge on any atom is -0.453 e. The van der Waals surface area contributed by atoms with Crippen LogP contribution in [0, 0.1) is 0 Å². The Morgan fingerprint density at radius 3 is 2.44 bits per heavy atom. The van der Waals surface area contributed by atoms with E-state index in [1.165, 1.54) is 6.92 Å². The van der Waals surface area contributed by atoms with Gasteiger partial charge in [-0.3, -0.25) is 14.5 Å². The monoisotopic (exact) mass is 540 g/mol. The molecule has 0 aromatic heterocycles. The number of methoxy groups -OCH3 is 1. The van der Waals surface area contributed by atoms with Gasteiger partial charge in [0.15, 0.2) is 12.4 Å². The highest BCUT2D eigenvalue weighted by Crippen LogP contribution is 2.38. The lowest BCUT2D eigenvalue weighted by molar-refractivity contribution is -0.253. The molecule has 9 nitrogen and oxygen atoms in total. The van der Waals surface area contributed by atoms with Gasteiger partial charge in [0.2, 0.25) is 0 Å². The lowest BCUT2D eigenvalue weighted by Crippen LogP contribution is -2.42. The maximum atomic E-state index is 12.2. The van der Waals surface area contributed by atoms with Crippen molar-refractivity contribution in [1.29, 1.82) is 0 Å². The highest BCUT2D eigenvalue weighted by atomic mass is 16.7. The van der Waals surface area contributed by atoms with Crippen LogP contribution in [0.3, 0.4) is 0 Å². The van der Waals surface area contributed by atoms with Gasteiger partial charge in [-0.15, -0.1) is 0 Å². The number of carbonyl (C=O) groups is 2. The van der Waals surface area contributed by atoms with Crippen molar-refractivity contribution in [1.82, 2.24) is 10.2 Å². The van der Waals surface area contributed by atoms with E-state index in [4.69, 9.17) is 18.9 Å². The molecule has 0 unspecified atom stereocenters. The van der Waals surface area contributed by atoms with Crippen LogP contribution in [0.2, 0.25) is 0 Å². The number of nitrogens with one attached hydrogen (secondary N) is 1. The number of carbonyl (C=O) groups excluding carboxylic acids is 2. The van der Waals surface area contributed by atoms with Crippen molar-refractivity contribution >= 4 is 11.9 Å². The van der Waals surface area contributed by atoms with Crippen LogP contribution >= 0.6 is 0 Å². The van der Waals surface area contributed by atoms with Gasteiger partial charge < -0.3 is 29.4 Å². The van der Waals surface area contributed by atoms with Crippen molar-refractivity contribution < 1.29 is 33.6 Å². The molecular weight excluding hydrogens is 500 g/mol. The minimum absolute atomic E-state index is 0.00544. The summed E-state index contributed by atoms with van der Waals surface area (Å²) in [6.45, 7) is 5.70. The molecule has 2 aromatic carbocycles. The van der Waals surface area contributed by atoms with E-state index in [2.05, 4.69) is 10.2 Å². The van der Waals surface area contributed by atoms with E-state index in [0.717, 1.165) is 61.2 Å². The van der Waals surface area contributed by atoms with Crippen molar-refractivity contribution in [3.63, 3.8) is 0 Å². The predicted octanol–water partition coefficient (Wildman–Crippen LogP) is 3.40. The fourth-order valence-corrected chi connectivity index (χ4v) is 5.24. The summed E-state index contributed by atoms with van der Waals surface area (Å²) < 4.78 is 23.3. The third-order valence-electron chi connectivity index (χ3n) is 7.34. The topological polar surface area (TPSA) is 107 Å². The van der Waals surface area contributed by atoms with E-state index in [1.807, 2.05) is 48.5 Å².